The van der Waals surface area contributed by atoms with Crippen molar-refractivity contribution in [3.8, 4) is 0 Å². The number of hydrogen-bond donors (Lipinski definition) is 0. The number of hydrogen-bond acceptors (Lipinski definition) is 1. The van der Waals surface area contributed by atoms with Crippen molar-refractivity contribution >= 4 is 8.32 Å². The largest absolute Gasteiger partial charge is 0.391 e. The van der Waals surface area contributed by atoms with Gasteiger partial charge in [0.25, 0.3) is 0 Å². The molecule has 1 radical (unpaired) electrons. The summed E-state index contributed by atoms with van der Waals surface area (Å²) in [6.07, 6.45) is 1.53. The molecule has 3 heteroatoms. The molecule has 0 aliphatic heterocycles. The predicted molar refractivity (Wildman–Crippen MR) is 48.4 cm³/mol. The zero-order valence-electron chi connectivity index (χ0n) is 8.02. The number of rotatable bonds is 5. The van der Waals surface area contributed by atoms with E-state index in [1.54, 1.807) is 6.92 Å². The Bertz CT molecular complexity index is 102. The van der Waals surface area contributed by atoms with Crippen LogP contribution >= 0.6 is 0 Å². The third-order valence-electron chi connectivity index (χ3n) is 1.62. The minimum atomic E-state index is -1.60. The Hall–Kier alpha value is 0.137. The van der Waals surface area contributed by atoms with Crippen molar-refractivity contribution in [1.29, 1.82) is 0 Å². The minimum absolute atomic E-state index is 0.839. The average molecular weight is 175 g/mol. The van der Waals surface area contributed by atoms with E-state index in [4.69, 9.17) is 4.43 Å². The van der Waals surface area contributed by atoms with Crippen molar-refractivity contribution in [2.45, 2.75) is 52.1 Å². The molecule has 0 aromatic carbocycles. The maximum absolute atomic E-state index is 10.7. The molecule has 0 rings (SSSR count). The van der Waals surface area contributed by atoms with Crippen LogP contribution in [-0.2, 0) is 9.53 Å². The Morgan fingerprint density at radius 3 is 2.36 bits per heavy atom. The zero-order valence-corrected chi connectivity index (χ0v) is 9.02. The van der Waals surface area contributed by atoms with Crippen LogP contribution in [0.5, 0.6) is 0 Å². The molecular formula is C8H19O2Si. The minimum Gasteiger partial charge on any atom is -0.391 e. The molecule has 1 atom stereocenters. The normalized spacial score (nSPS) is 15.0. The van der Waals surface area contributed by atoms with E-state index < -0.39 is 14.6 Å². The SMILES string of the molecule is CCCC[Si](C)(C)OC(C)[O]. The van der Waals surface area contributed by atoms with Gasteiger partial charge in [0.05, 0.1) is 0 Å². The summed E-state index contributed by atoms with van der Waals surface area (Å²) >= 11 is 0. The van der Waals surface area contributed by atoms with Gasteiger partial charge in [-0.15, -0.1) is 0 Å². The lowest BCUT2D eigenvalue weighted by Crippen LogP contribution is -2.33. The predicted octanol–water partition coefficient (Wildman–Crippen LogP) is 2.78. The summed E-state index contributed by atoms with van der Waals surface area (Å²) in [5.74, 6) is 0. The lowest BCUT2D eigenvalue weighted by Gasteiger charge is -2.23. The Labute approximate surface area is 70.7 Å². The molecule has 0 fully saturated rings. The first kappa shape index (κ1) is 11.1. The van der Waals surface area contributed by atoms with Crippen molar-refractivity contribution in [2.24, 2.45) is 0 Å². The van der Waals surface area contributed by atoms with Crippen LogP contribution in [0.1, 0.15) is 26.7 Å². The summed E-state index contributed by atoms with van der Waals surface area (Å²) in [4.78, 5) is 0. The van der Waals surface area contributed by atoms with Crippen LogP contribution in [-0.4, -0.2) is 14.6 Å². The first-order valence-electron chi connectivity index (χ1n) is 4.31. The van der Waals surface area contributed by atoms with Crippen LogP contribution in [0.2, 0.25) is 19.1 Å². The fraction of sp³-hybridized carbons (Fsp3) is 1.00. The summed E-state index contributed by atoms with van der Waals surface area (Å²) in [6, 6.07) is 1.11. The lowest BCUT2D eigenvalue weighted by atomic mass is 10.4. The first-order chi connectivity index (χ1) is 4.98. The van der Waals surface area contributed by atoms with Crippen molar-refractivity contribution in [3.05, 3.63) is 0 Å². The van der Waals surface area contributed by atoms with Gasteiger partial charge in [0, 0.05) is 0 Å². The second-order valence-corrected chi connectivity index (χ2v) is 7.80. The second-order valence-electron chi connectivity index (χ2n) is 3.55. The van der Waals surface area contributed by atoms with Crippen LogP contribution in [0.25, 0.3) is 0 Å². The quantitative estimate of drug-likeness (QED) is 0.466. The summed E-state index contributed by atoms with van der Waals surface area (Å²) < 4.78 is 5.32. The molecule has 2 nitrogen and oxygen atoms in total. The number of unbranched alkanes of at least 4 members (excludes halogenated alkanes) is 1. The van der Waals surface area contributed by atoms with Crippen LogP contribution in [0.4, 0.5) is 0 Å². The van der Waals surface area contributed by atoms with Crippen molar-refractivity contribution in [3.63, 3.8) is 0 Å². The third-order valence-corrected chi connectivity index (χ3v) is 4.15. The van der Waals surface area contributed by atoms with E-state index in [0.717, 1.165) is 6.04 Å². The molecule has 11 heavy (non-hydrogen) atoms. The van der Waals surface area contributed by atoms with Gasteiger partial charge in [-0.1, -0.05) is 19.8 Å². The molecular weight excluding hydrogens is 156 g/mol. The van der Waals surface area contributed by atoms with E-state index in [0.29, 0.717) is 0 Å². The monoisotopic (exact) mass is 175 g/mol. The molecule has 0 aromatic rings. The highest BCUT2D eigenvalue weighted by Crippen LogP contribution is 2.16. The van der Waals surface area contributed by atoms with Gasteiger partial charge >= 0.3 is 0 Å². The first-order valence-corrected chi connectivity index (χ1v) is 7.43. The molecule has 0 bridgehead atoms. The van der Waals surface area contributed by atoms with E-state index in [1.165, 1.54) is 12.8 Å². The summed E-state index contributed by atoms with van der Waals surface area (Å²) in [6.45, 7) is 7.94. The molecule has 0 saturated heterocycles. The summed E-state index contributed by atoms with van der Waals surface area (Å²) in [5.41, 5.74) is 0. The lowest BCUT2D eigenvalue weighted by molar-refractivity contribution is -0.0621. The maximum atomic E-state index is 10.7. The van der Waals surface area contributed by atoms with Gasteiger partial charge in [0.15, 0.2) is 14.6 Å². The zero-order chi connectivity index (χ0) is 8.91. The molecule has 1 unspecified atom stereocenters. The maximum Gasteiger partial charge on any atom is 0.190 e. The second kappa shape index (κ2) is 4.90. The van der Waals surface area contributed by atoms with Gasteiger partial charge in [-0.2, -0.15) is 0 Å². The van der Waals surface area contributed by atoms with Gasteiger partial charge < -0.3 is 4.43 Å². The standard InChI is InChI=1S/C8H19O2Si/c1-5-6-7-11(3,4)10-8(2)9/h8H,5-7H2,1-4H3. The Balaban J connectivity index is 3.61. The van der Waals surface area contributed by atoms with Crippen LogP contribution in [0.3, 0.4) is 0 Å². The average Bonchev–Trinajstić information content (AvgIpc) is 1.81. The topological polar surface area (TPSA) is 29.1 Å². The Kier molecular flexibility index (Phi) is 4.96. The summed E-state index contributed by atoms with van der Waals surface area (Å²) in [7, 11) is -1.60. The molecule has 0 N–H and O–H groups in total. The highest BCUT2D eigenvalue weighted by molar-refractivity contribution is 6.71. The van der Waals surface area contributed by atoms with Crippen molar-refractivity contribution in [2.75, 3.05) is 0 Å². The molecule has 0 spiro atoms. The third kappa shape index (κ3) is 6.53. The van der Waals surface area contributed by atoms with Gasteiger partial charge in [-0.3, -0.25) is 0 Å². The molecule has 0 saturated carbocycles. The van der Waals surface area contributed by atoms with Crippen molar-refractivity contribution in [1.82, 2.24) is 0 Å². The van der Waals surface area contributed by atoms with Gasteiger partial charge in [-0.05, 0) is 26.1 Å². The molecule has 0 heterocycles. The molecule has 0 amide bonds. The van der Waals surface area contributed by atoms with Gasteiger partial charge in [-0.25, -0.2) is 5.11 Å². The summed E-state index contributed by atoms with van der Waals surface area (Å²) in [5, 5.41) is 10.7. The highest BCUT2D eigenvalue weighted by atomic mass is 28.4. The van der Waals surface area contributed by atoms with Gasteiger partial charge in [0.1, 0.15) is 0 Å². The van der Waals surface area contributed by atoms with Crippen molar-refractivity contribution < 1.29 is 9.53 Å². The van der Waals surface area contributed by atoms with E-state index in [9.17, 15) is 5.11 Å². The molecule has 0 aliphatic rings. The smallest absolute Gasteiger partial charge is 0.190 e. The van der Waals surface area contributed by atoms with E-state index in [2.05, 4.69) is 20.0 Å². The Morgan fingerprint density at radius 2 is 2.00 bits per heavy atom. The van der Waals surface area contributed by atoms with E-state index >= 15 is 0 Å². The fourth-order valence-corrected chi connectivity index (χ4v) is 3.33. The van der Waals surface area contributed by atoms with E-state index in [1.807, 2.05) is 0 Å². The molecule has 0 aliphatic carbocycles. The van der Waals surface area contributed by atoms with Crippen LogP contribution < -0.4 is 0 Å². The highest BCUT2D eigenvalue weighted by Gasteiger charge is 2.23. The van der Waals surface area contributed by atoms with E-state index in [-0.39, 0.29) is 0 Å². The fourth-order valence-electron chi connectivity index (χ4n) is 1.11. The Morgan fingerprint density at radius 1 is 1.45 bits per heavy atom. The van der Waals surface area contributed by atoms with Crippen LogP contribution in [0, 0.1) is 0 Å². The molecule has 0 aromatic heterocycles. The van der Waals surface area contributed by atoms with Gasteiger partial charge in [0.2, 0.25) is 0 Å². The van der Waals surface area contributed by atoms with Crippen LogP contribution in [0.15, 0.2) is 0 Å². The molecule has 67 valence electrons.